The largest absolute Gasteiger partial charge is 0.489 e. The van der Waals surface area contributed by atoms with Gasteiger partial charge in [0.1, 0.15) is 53.6 Å². The zero-order chi connectivity index (χ0) is 70.7. The Bertz CT molecular complexity index is 3680. The summed E-state index contributed by atoms with van der Waals surface area (Å²) in [6.07, 6.45) is -3.52. The van der Waals surface area contributed by atoms with E-state index in [9.17, 15) is 77.6 Å². The standard InChI is InChI=1S/C61H80N14O20S/c1-7-30(4)51-56(89)64-22-46(82)67-42-27-96(93,94)59-38(19-40(54(87)63-23-47(83)72-51)68-58(91)52(31(5)43(79)25-76)73-61(28-77)21-35(78)24-75(61)60(92)41(20-44(62)80)69-55(42)88)37-13-12-36(18-39(37)70-59)95-26-33-8-10-34(11-9-33)66-53(86)32(6)65-57(90)50(29(2)3)71-45(81)16-17-74-48(84)14-15-49(74)85/h8-15,18,28-32,35,40-43,50-52,70,73,76,78-79H,7,16-17,19-27H2,1-6H3,(H2,62,80)(H,63,87)(H,64,89)(H,65,90)(H,66,86)(H,67,82)(H,68,91)(H,69,88)(H,71,81)(H,72,83)/t30-,31-,32-,35+,40-,41-,42-,43-,50-,51-,52-,61-/m0/s1. The number of aldehydes is 1. The third-order valence-electron chi connectivity index (χ3n) is 16.9. The number of aromatic amines is 1. The monoisotopic (exact) mass is 1360 g/mol. The van der Waals surface area contributed by atoms with E-state index in [4.69, 9.17) is 10.5 Å². The average Bonchev–Trinajstić information content (AvgIpc) is 1.60. The van der Waals surface area contributed by atoms with E-state index in [1.54, 1.807) is 39.8 Å². The molecule has 0 saturated carbocycles. The van der Waals surface area contributed by atoms with Gasteiger partial charge in [0, 0.05) is 67.6 Å². The van der Waals surface area contributed by atoms with E-state index in [0.29, 0.717) is 22.6 Å². The molecule has 0 radical (unpaired) electrons. The number of imide groups is 1. The lowest BCUT2D eigenvalue weighted by atomic mass is 9.92. The van der Waals surface area contributed by atoms with Crippen LogP contribution in [0.5, 0.6) is 5.75 Å². The first-order valence-electron chi connectivity index (χ1n) is 30.9. The van der Waals surface area contributed by atoms with Gasteiger partial charge in [-0.25, -0.2) is 8.42 Å². The number of rotatable bonds is 20. The first-order chi connectivity index (χ1) is 45.3. The Morgan fingerprint density at radius 2 is 1.47 bits per heavy atom. The van der Waals surface area contributed by atoms with Crippen LogP contribution in [0.3, 0.4) is 0 Å². The Hall–Kier alpha value is -9.71. The fraction of sp³-hybridized carbons (Fsp3) is 0.508. The second-order valence-corrected chi connectivity index (χ2v) is 26.4. The number of hydrogen-bond donors (Lipinski definition) is 15. The molecule has 0 unspecified atom stereocenters. The minimum atomic E-state index is -5.07. The lowest BCUT2D eigenvalue weighted by molar-refractivity contribution is -0.147. The summed E-state index contributed by atoms with van der Waals surface area (Å²) in [5, 5.41) is 56.6. The van der Waals surface area contributed by atoms with Gasteiger partial charge in [0.15, 0.2) is 21.8 Å². The molecule has 12 atom stereocenters. The number of fused-ring (bicyclic) bond motifs is 5. The number of ether oxygens (including phenoxy) is 1. The maximum atomic E-state index is 15.2. The summed E-state index contributed by atoms with van der Waals surface area (Å²) in [6, 6.07) is -1.26. The van der Waals surface area contributed by atoms with Gasteiger partial charge in [-0.05, 0) is 54.2 Å². The number of nitrogens with one attached hydrogen (secondary N) is 11. The topological polar surface area (TPSA) is 512 Å². The van der Waals surface area contributed by atoms with Crippen molar-refractivity contribution < 1.29 is 95.6 Å². The quantitative estimate of drug-likeness (QED) is 0.0371. The fourth-order valence-electron chi connectivity index (χ4n) is 11.2. The van der Waals surface area contributed by atoms with E-state index in [2.05, 4.69) is 58.2 Å². The second kappa shape index (κ2) is 31.7. The van der Waals surface area contributed by atoms with Crippen LogP contribution >= 0.6 is 0 Å². The van der Waals surface area contributed by atoms with Crippen molar-refractivity contribution >= 4 is 110 Å². The van der Waals surface area contributed by atoms with Crippen molar-refractivity contribution in [2.45, 2.75) is 145 Å². The highest BCUT2D eigenvalue weighted by molar-refractivity contribution is 7.91. The number of aromatic nitrogens is 1. The molecule has 34 nitrogen and oxygen atoms in total. The highest BCUT2D eigenvalue weighted by Crippen LogP contribution is 2.33. The molecule has 5 heterocycles. The minimum Gasteiger partial charge on any atom is -0.489 e. The Morgan fingerprint density at radius 3 is 2.09 bits per heavy atom. The maximum Gasteiger partial charge on any atom is 0.253 e. The molecular formula is C61H80N14O20S. The molecule has 1 aromatic heterocycles. The predicted molar refractivity (Wildman–Crippen MR) is 336 cm³/mol. The van der Waals surface area contributed by atoms with Gasteiger partial charge in [0.05, 0.1) is 55.6 Å². The third kappa shape index (κ3) is 18.0. The van der Waals surface area contributed by atoms with Crippen LogP contribution < -0.4 is 63.6 Å². The van der Waals surface area contributed by atoms with Crippen LogP contribution in [-0.4, -0.2) is 220 Å². The lowest BCUT2D eigenvalue weighted by Crippen LogP contribution is -2.69. The van der Waals surface area contributed by atoms with Gasteiger partial charge in [-0.2, -0.15) is 0 Å². The summed E-state index contributed by atoms with van der Waals surface area (Å²) in [7, 11) is -5.07. The molecule has 1 saturated heterocycles. The smallest absolute Gasteiger partial charge is 0.253 e. The van der Waals surface area contributed by atoms with Crippen molar-refractivity contribution in [3.63, 3.8) is 0 Å². The van der Waals surface area contributed by atoms with Crippen LogP contribution in [0, 0.1) is 17.8 Å². The number of carbonyl (C=O) groups is 14. The molecule has 520 valence electrons. The fourth-order valence-corrected chi connectivity index (χ4v) is 12.9. The molecule has 7 rings (SSSR count). The van der Waals surface area contributed by atoms with Crippen molar-refractivity contribution in [1.29, 1.82) is 0 Å². The molecule has 0 aliphatic carbocycles. The number of sulfone groups is 1. The van der Waals surface area contributed by atoms with Gasteiger partial charge in [-0.3, -0.25) is 77.3 Å². The maximum absolute atomic E-state index is 15.2. The third-order valence-corrected chi connectivity index (χ3v) is 18.6. The first kappa shape index (κ1) is 73.7. The van der Waals surface area contributed by atoms with Gasteiger partial charge in [-0.1, -0.05) is 53.2 Å². The van der Waals surface area contributed by atoms with Crippen molar-refractivity contribution in [2.75, 3.05) is 43.9 Å². The van der Waals surface area contributed by atoms with Crippen molar-refractivity contribution in [1.82, 2.24) is 62.6 Å². The number of anilines is 1. The van der Waals surface area contributed by atoms with Crippen LogP contribution in [0.1, 0.15) is 78.4 Å². The predicted octanol–water partition coefficient (Wildman–Crippen LogP) is -5.48. The molecule has 96 heavy (non-hydrogen) atoms. The summed E-state index contributed by atoms with van der Waals surface area (Å²) in [5.74, 6) is -16.2. The zero-order valence-corrected chi connectivity index (χ0v) is 54.2. The lowest BCUT2D eigenvalue weighted by Gasteiger charge is -2.41. The van der Waals surface area contributed by atoms with Crippen LogP contribution in [0.4, 0.5) is 5.69 Å². The van der Waals surface area contributed by atoms with Crippen LogP contribution in [0.2, 0.25) is 0 Å². The number of amides is 13. The minimum absolute atomic E-state index is 0.00117. The summed E-state index contributed by atoms with van der Waals surface area (Å²) < 4.78 is 36.6. The number of H-pyrrole nitrogens is 1. The Kier molecular flexibility index (Phi) is 24.3. The Balaban J connectivity index is 1.22. The molecule has 1 fully saturated rings. The van der Waals surface area contributed by atoms with Gasteiger partial charge in [0.25, 0.3) is 11.8 Å². The molecule has 3 aromatic rings. The number of nitrogens with zero attached hydrogens (tertiary/aromatic N) is 2. The van der Waals surface area contributed by atoms with E-state index < -0.39 is 221 Å². The van der Waals surface area contributed by atoms with E-state index >= 15 is 13.2 Å². The molecule has 13 amide bonds. The normalized spacial score (nSPS) is 24.6. The number of nitrogens with two attached hydrogens (primary N) is 1. The Morgan fingerprint density at radius 1 is 0.812 bits per heavy atom. The number of aliphatic hydroxyl groups is 3. The number of benzene rings is 2. The summed E-state index contributed by atoms with van der Waals surface area (Å²) in [4.78, 5) is 194. The SMILES string of the molecule is CC[C@H](C)[C@@H]1NC(=O)CNC(=O)[C@@H]2Cc3c([nH]c4cc(OCc5ccc(NC(=O)[C@H](C)NC(=O)[C@@H](NC(=O)CCN6C(=O)C=CC6=O)C(C)C)cc5)ccc34)S(=O)(=O)C[C@H](NC(=O)CNC1=O)C(=O)N[C@@H](CC(N)=O)C(=O)N1C[C@H](O)C[C@]1(C=O)N[C@@H]([C@@H](C)[C@@H](O)CO)C(=O)N2. The molecule has 16 N–H and O–H groups in total. The van der Waals surface area contributed by atoms with Crippen LogP contribution in [0.25, 0.3) is 10.9 Å². The molecule has 2 aromatic carbocycles. The van der Waals surface area contributed by atoms with Crippen molar-refractivity contribution in [3.8, 4) is 5.75 Å². The van der Waals surface area contributed by atoms with Gasteiger partial charge >= 0.3 is 0 Å². The molecule has 4 aliphatic heterocycles. The number of hydrogen-bond acceptors (Lipinski definition) is 21. The van der Waals surface area contributed by atoms with Crippen molar-refractivity contribution in [2.24, 2.45) is 23.5 Å². The zero-order valence-electron chi connectivity index (χ0n) is 53.3. The van der Waals surface area contributed by atoms with Crippen LogP contribution in [0.15, 0.2) is 59.6 Å². The number of aliphatic hydroxyl groups excluding tert-OH is 3. The summed E-state index contributed by atoms with van der Waals surface area (Å²) in [6.45, 7) is 5.47. The van der Waals surface area contributed by atoms with E-state index in [0.717, 1.165) is 17.1 Å². The van der Waals surface area contributed by atoms with E-state index in [1.807, 2.05) is 0 Å². The van der Waals surface area contributed by atoms with E-state index in [-0.39, 0.29) is 48.1 Å². The molecule has 4 aliphatic rings. The van der Waals surface area contributed by atoms with E-state index in [1.165, 1.54) is 44.2 Å². The number of primary amides is 1. The van der Waals surface area contributed by atoms with Crippen molar-refractivity contribution in [3.05, 3.63) is 65.7 Å². The Labute approximate surface area is 550 Å². The highest BCUT2D eigenvalue weighted by Gasteiger charge is 2.53. The molecule has 2 bridgehead atoms. The average molecular weight is 1360 g/mol. The summed E-state index contributed by atoms with van der Waals surface area (Å²) >= 11 is 0. The van der Waals surface area contributed by atoms with Gasteiger partial charge < -0.3 is 83.5 Å². The second-order valence-electron chi connectivity index (χ2n) is 24.4. The summed E-state index contributed by atoms with van der Waals surface area (Å²) in [5.41, 5.74) is 3.72. The van der Waals surface area contributed by atoms with Crippen LogP contribution in [-0.2, 0) is 90.0 Å². The first-order valence-corrected chi connectivity index (χ1v) is 32.5. The molecule has 0 spiro atoms. The molecule has 35 heteroatoms. The number of carbonyl (C=O) groups excluding carboxylic acids is 14. The highest BCUT2D eigenvalue weighted by atomic mass is 32.2. The molecular weight excluding hydrogens is 1280 g/mol. The van der Waals surface area contributed by atoms with Gasteiger partial charge in [0.2, 0.25) is 65.0 Å². The van der Waals surface area contributed by atoms with Gasteiger partial charge in [-0.15, -0.1) is 0 Å².